The van der Waals surface area contributed by atoms with Crippen LogP contribution in [0.15, 0.2) is 18.2 Å². The van der Waals surface area contributed by atoms with Gasteiger partial charge in [-0.25, -0.2) is 4.39 Å². The summed E-state index contributed by atoms with van der Waals surface area (Å²) in [4.78, 5) is 11.9. The van der Waals surface area contributed by atoms with Crippen LogP contribution in [0.3, 0.4) is 0 Å². The van der Waals surface area contributed by atoms with Gasteiger partial charge < -0.3 is 11.1 Å². The normalized spacial score (nSPS) is 14.2. The molecule has 17 heavy (non-hydrogen) atoms. The molecule has 94 valence electrons. The number of nitrogens with one attached hydrogen (secondary N) is 1. The van der Waals surface area contributed by atoms with Gasteiger partial charge in [-0.1, -0.05) is 19.4 Å². The van der Waals surface area contributed by atoms with E-state index in [2.05, 4.69) is 5.32 Å². The molecule has 0 spiro atoms. The van der Waals surface area contributed by atoms with E-state index >= 15 is 0 Å². The molecule has 1 amide bonds. The van der Waals surface area contributed by atoms with E-state index in [1.54, 1.807) is 26.0 Å². The second-order valence-corrected chi connectivity index (χ2v) is 4.60. The SMILES string of the molecule is CCCC(C)(N)C(=O)Nc1ccc(C)cc1F. The quantitative estimate of drug-likeness (QED) is 0.847. The van der Waals surface area contributed by atoms with E-state index in [4.69, 9.17) is 5.73 Å². The van der Waals surface area contributed by atoms with Gasteiger partial charge in [-0.05, 0) is 38.0 Å². The lowest BCUT2D eigenvalue weighted by atomic mass is 9.96. The molecule has 0 radical (unpaired) electrons. The molecule has 0 fully saturated rings. The summed E-state index contributed by atoms with van der Waals surface area (Å²) in [6.07, 6.45) is 1.36. The van der Waals surface area contributed by atoms with E-state index in [-0.39, 0.29) is 11.6 Å². The molecule has 0 aliphatic carbocycles. The first-order valence-electron chi connectivity index (χ1n) is 5.73. The lowest BCUT2D eigenvalue weighted by Crippen LogP contribution is -2.48. The Balaban J connectivity index is 2.81. The van der Waals surface area contributed by atoms with E-state index in [1.165, 1.54) is 6.07 Å². The second kappa shape index (κ2) is 5.27. The van der Waals surface area contributed by atoms with Crippen LogP contribution in [0.1, 0.15) is 32.3 Å². The van der Waals surface area contributed by atoms with Crippen LogP contribution in [0, 0.1) is 12.7 Å². The van der Waals surface area contributed by atoms with Crippen molar-refractivity contribution in [3.05, 3.63) is 29.6 Å². The molecule has 0 aromatic heterocycles. The number of carbonyl (C=O) groups is 1. The van der Waals surface area contributed by atoms with Crippen molar-refractivity contribution in [2.24, 2.45) is 5.73 Å². The van der Waals surface area contributed by atoms with Gasteiger partial charge in [0.15, 0.2) is 0 Å². The largest absolute Gasteiger partial charge is 0.322 e. The van der Waals surface area contributed by atoms with Crippen molar-refractivity contribution >= 4 is 11.6 Å². The Morgan fingerprint density at radius 1 is 1.53 bits per heavy atom. The number of hydrogen-bond donors (Lipinski definition) is 2. The van der Waals surface area contributed by atoms with E-state index < -0.39 is 11.4 Å². The van der Waals surface area contributed by atoms with E-state index in [1.807, 2.05) is 6.92 Å². The summed E-state index contributed by atoms with van der Waals surface area (Å²) < 4.78 is 13.5. The fourth-order valence-electron chi connectivity index (χ4n) is 1.62. The summed E-state index contributed by atoms with van der Waals surface area (Å²) in [7, 11) is 0. The van der Waals surface area contributed by atoms with Gasteiger partial charge in [-0.3, -0.25) is 4.79 Å². The smallest absolute Gasteiger partial charge is 0.244 e. The van der Waals surface area contributed by atoms with Crippen molar-refractivity contribution in [3.8, 4) is 0 Å². The minimum Gasteiger partial charge on any atom is -0.322 e. The molecule has 3 N–H and O–H groups in total. The topological polar surface area (TPSA) is 55.1 Å². The number of benzene rings is 1. The van der Waals surface area contributed by atoms with Crippen molar-refractivity contribution in [1.82, 2.24) is 0 Å². The summed E-state index contributed by atoms with van der Waals surface area (Å²) in [5, 5.41) is 2.52. The predicted octanol–water partition coefficient (Wildman–Crippen LogP) is 2.59. The first-order valence-corrected chi connectivity index (χ1v) is 5.73. The molecule has 1 unspecified atom stereocenters. The van der Waals surface area contributed by atoms with Gasteiger partial charge in [0.1, 0.15) is 5.82 Å². The van der Waals surface area contributed by atoms with E-state index in [9.17, 15) is 9.18 Å². The Hall–Kier alpha value is -1.42. The Labute approximate surface area is 101 Å². The molecule has 0 saturated heterocycles. The third-order valence-electron chi connectivity index (χ3n) is 2.66. The minimum absolute atomic E-state index is 0.174. The van der Waals surface area contributed by atoms with Crippen molar-refractivity contribution in [2.75, 3.05) is 5.32 Å². The highest BCUT2D eigenvalue weighted by atomic mass is 19.1. The van der Waals surface area contributed by atoms with Crippen LogP contribution >= 0.6 is 0 Å². The van der Waals surface area contributed by atoms with Gasteiger partial charge in [0.2, 0.25) is 5.91 Å². The van der Waals surface area contributed by atoms with Crippen LogP contribution in [-0.4, -0.2) is 11.4 Å². The lowest BCUT2D eigenvalue weighted by molar-refractivity contribution is -0.120. The molecule has 0 aliphatic rings. The molecule has 1 rings (SSSR count). The summed E-state index contributed by atoms with van der Waals surface area (Å²) in [5.41, 5.74) is 5.88. The maximum atomic E-state index is 13.5. The predicted molar refractivity (Wildman–Crippen MR) is 67.3 cm³/mol. The maximum Gasteiger partial charge on any atom is 0.244 e. The first-order chi connectivity index (χ1) is 7.86. The number of nitrogens with two attached hydrogens (primary N) is 1. The highest BCUT2D eigenvalue weighted by Gasteiger charge is 2.27. The molecule has 4 heteroatoms. The molecule has 3 nitrogen and oxygen atoms in total. The number of anilines is 1. The second-order valence-electron chi connectivity index (χ2n) is 4.60. The molecular weight excluding hydrogens is 219 g/mol. The van der Waals surface area contributed by atoms with Gasteiger partial charge in [0.25, 0.3) is 0 Å². The van der Waals surface area contributed by atoms with Crippen molar-refractivity contribution in [1.29, 1.82) is 0 Å². The van der Waals surface area contributed by atoms with Gasteiger partial charge in [-0.15, -0.1) is 0 Å². The average Bonchev–Trinajstić information content (AvgIpc) is 2.22. The van der Waals surface area contributed by atoms with Crippen LogP contribution in [-0.2, 0) is 4.79 Å². The van der Waals surface area contributed by atoms with E-state index in [0.29, 0.717) is 6.42 Å². The Morgan fingerprint density at radius 2 is 2.18 bits per heavy atom. The Kier molecular flexibility index (Phi) is 4.23. The van der Waals surface area contributed by atoms with Crippen LogP contribution < -0.4 is 11.1 Å². The van der Waals surface area contributed by atoms with Gasteiger partial charge in [0.05, 0.1) is 11.2 Å². The molecule has 0 bridgehead atoms. The molecular formula is C13H19FN2O. The standard InChI is InChI=1S/C13H19FN2O/c1-4-7-13(3,15)12(17)16-11-6-5-9(2)8-10(11)14/h5-6,8H,4,7,15H2,1-3H3,(H,16,17). The molecule has 0 aliphatic heterocycles. The molecule has 1 aromatic carbocycles. The van der Waals surface area contributed by atoms with E-state index in [0.717, 1.165) is 12.0 Å². The summed E-state index contributed by atoms with van der Waals surface area (Å²) in [5.74, 6) is -0.798. The molecule has 1 aromatic rings. The maximum absolute atomic E-state index is 13.5. The minimum atomic E-state index is -0.966. The Bertz CT molecular complexity index is 416. The summed E-state index contributed by atoms with van der Waals surface area (Å²) in [6.45, 7) is 5.39. The van der Waals surface area contributed by atoms with Gasteiger partial charge in [0, 0.05) is 0 Å². The number of aryl methyl sites for hydroxylation is 1. The summed E-state index contributed by atoms with van der Waals surface area (Å²) in [6, 6.07) is 4.67. The number of hydrogen-bond acceptors (Lipinski definition) is 2. The zero-order valence-corrected chi connectivity index (χ0v) is 10.5. The van der Waals surface area contributed by atoms with Gasteiger partial charge in [-0.2, -0.15) is 0 Å². The van der Waals surface area contributed by atoms with Crippen LogP contribution in [0.5, 0.6) is 0 Å². The summed E-state index contributed by atoms with van der Waals surface area (Å²) >= 11 is 0. The van der Waals surface area contributed by atoms with Crippen molar-refractivity contribution in [3.63, 3.8) is 0 Å². The fourth-order valence-corrected chi connectivity index (χ4v) is 1.62. The number of amides is 1. The zero-order chi connectivity index (χ0) is 13.1. The van der Waals surface area contributed by atoms with Crippen molar-refractivity contribution < 1.29 is 9.18 Å². The number of carbonyl (C=O) groups excluding carboxylic acids is 1. The molecule has 0 heterocycles. The van der Waals surface area contributed by atoms with Crippen LogP contribution in [0.25, 0.3) is 0 Å². The van der Waals surface area contributed by atoms with Crippen LogP contribution in [0.2, 0.25) is 0 Å². The monoisotopic (exact) mass is 238 g/mol. The lowest BCUT2D eigenvalue weighted by Gasteiger charge is -2.23. The average molecular weight is 238 g/mol. The fraction of sp³-hybridized carbons (Fsp3) is 0.462. The number of halogens is 1. The third kappa shape index (κ3) is 3.53. The molecule has 1 atom stereocenters. The first kappa shape index (κ1) is 13.6. The highest BCUT2D eigenvalue weighted by Crippen LogP contribution is 2.18. The zero-order valence-electron chi connectivity index (χ0n) is 10.5. The highest BCUT2D eigenvalue weighted by molar-refractivity contribution is 5.97. The third-order valence-corrected chi connectivity index (χ3v) is 2.66. The number of rotatable bonds is 4. The molecule has 0 saturated carbocycles. The van der Waals surface area contributed by atoms with Gasteiger partial charge >= 0.3 is 0 Å². The Morgan fingerprint density at radius 3 is 2.71 bits per heavy atom. The van der Waals surface area contributed by atoms with Crippen molar-refractivity contribution in [2.45, 2.75) is 39.2 Å². The van der Waals surface area contributed by atoms with Crippen LogP contribution in [0.4, 0.5) is 10.1 Å².